The summed E-state index contributed by atoms with van der Waals surface area (Å²) in [5.74, 6) is -1.04. The first kappa shape index (κ1) is 28.1. The van der Waals surface area contributed by atoms with E-state index < -0.39 is 33.3 Å². The quantitative estimate of drug-likeness (QED) is 0.263. The van der Waals surface area contributed by atoms with Gasteiger partial charge in [-0.25, -0.2) is 13.4 Å². The summed E-state index contributed by atoms with van der Waals surface area (Å²) in [5, 5.41) is -0.367. The van der Waals surface area contributed by atoms with E-state index >= 15 is 0 Å². The maximum Gasteiger partial charge on any atom is 0.416 e. The van der Waals surface area contributed by atoms with Gasteiger partial charge in [-0.2, -0.15) is 13.2 Å². The number of ketones is 2. The molecule has 12 heteroatoms. The van der Waals surface area contributed by atoms with E-state index in [2.05, 4.69) is 9.71 Å². The summed E-state index contributed by atoms with van der Waals surface area (Å²) in [4.78, 5) is 31.9. The van der Waals surface area contributed by atoms with Gasteiger partial charge in [0.2, 0.25) is 11.6 Å². The van der Waals surface area contributed by atoms with Crippen LogP contribution in [-0.2, 0) is 22.7 Å². The molecule has 0 spiro atoms. The molecule has 7 nitrogen and oxygen atoms in total. The number of halogens is 4. The van der Waals surface area contributed by atoms with E-state index in [9.17, 15) is 31.2 Å². The summed E-state index contributed by atoms with van der Waals surface area (Å²) in [5.41, 5.74) is -0.135. The molecule has 0 saturated carbocycles. The molecule has 4 aromatic rings. The van der Waals surface area contributed by atoms with Crippen molar-refractivity contribution in [2.45, 2.75) is 17.6 Å². The highest BCUT2D eigenvalue weighted by atomic mass is 35.5. The largest absolute Gasteiger partial charge is 0.416 e. The number of nitrogens with one attached hydrogen (secondary N) is 1. The lowest BCUT2D eigenvalue weighted by Gasteiger charge is -2.30. The minimum atomic E-state index is -4.54. The predicted molar refractivity (Wildman–Crippen MR) is 147 cm³/mol. The van der Waals surface area contributed by atoms with E-state index in [0.717, 1.165) is 12.1 Å². The highest BCUT2D eigenvalue weighted by Gasteiger charge is 2.35. The summed E-state index contributed by atoms with van der Waals surface area (Å²) in [6, 6.07) is 20.6. The molecular weight excluding hydrogens is 579 g/mol. The molecular formula is C29H19ClF3N3O4S. The Morgan fingerprint density at radius 3 is 2.00 bits per heavy atom. The van der Waals surface area contributed by atoms with Gasteiger partial charge < -0.3 is 4.90 Å². The van der Waals surface area contributed by atoms with Crippen LogP contribution in [0.2, 0.25) is 0 Å². The molecule has 0 radical (unpaired) electrons. The smallest absolute Gasteiger partial charge is 0.332 e. The van der Waals surface area contributed by atoms with Crippen LogP contribution >= 0.6 is 11.6 Å². The molecule has 1 heterocycles. The number of rotatable bonds is 7. The number of anilines is 2. The van der Waals surface area contributed by atoms with Crippen molar-refractivity contribution in [3.05, 3.63) is 130 Å². The number of hydrogen-bond donors (Lipinski definition) is 1. The number of allylic oxidation sites excluding steroid dienone is 2. The molecule has 1 aromatic heterocycles. The average Bonchev–Trinajstić information content (AvgIpc) is 2.96. The standard InChI is InChI=1S/C29H19ClF3N3O4S/c30-25-26(28(38)23-6-2-1-5-22(23)27(25)37)36(17-18-8-10-19(11-9-18)29(31,32)33)20-12-14-21(15-13-20)41(39,40)35-24-7-3-4-16-34-24/h1-16H,17H2,(H,34,35). The number of Topliss-reactive ketones (excluding diaryl/α,β-unsaturated/α-hetero) is 2. The lowest BCUT2D eigenvalue weighted by molar-refractivity contribution is -0.137. The molecule has 1 N–H and O–H groups in total. The number of aromatic nitrogens is 1. The van der Waals surface area contributed by atoms with Crippen LogP contribution in [0.15, 0.2) is 113 Å². The summed E-state index contributed by atoms with van der Waals surface area (Å²) in [7, 11) is -4.03. The molecule has 0 saturated heterocycles. The Hall–Kier alpha value is -4.48. The summed E-state index contributed by atoms with van der Waals surface area (Å²) < 4.78 is 67.5. The van der Waals surface area contributed by atoms with Gasteiger partial charge in [0.25, 0.3) is 10.0 Å². The summed E-state index contributed by atoms with van der Waals surface area (Å²) in [6.45, 7) is -0.150. The van der Waals surface area contributed by atoms with Gasteiger partial charge in [0.1, 0.15) is 16.5 Å². The molecule has 5 rings (SSSR count). The van der Waals surface area contributed by atoms with Gasteiger partial charge in [0.15, 0.2) is 0 Å². The van der Waals surface area contributed by atoms with Crippen LogP contribution in [0.4, 0.5) is 24.7 Å². The summed E-state index contributed by atoms with van der Waals surface area (Å²) >= 11 is 6.45. The van der Waals surface area contributed by atoms with Crippen molar-refractivity contribution in [3.8, 4) is 0 Å². The van der Waals surface area contributed by atoms with Crippen LogP contribution in [0.5, 0.6) is 0 Å². The fraction of sp³-hybridized carbons (Fsp3) is 0.0690. The van der Waals surface area contributed by atoms with E-state index in [1.54, 1.807) is 24.3 Å². The molecule has 1 aliphatic rings. The second-order valence-electron chi connectivity index (χ2n) is 8.96. The van der Waals surface area contributed by atoms with Crippen molar-refractivity contribution < 1.29 is 31.2 Å². The van der Waals surface area contributed by atoms with Gasteiger partial charge in [-0.15, -0.1) is 0 Å². The van der Waals surface area contributed by atoms with Crippen LogP contribution in [0, 0.1) is 0 Å². The number of sulfonamides is 1. The van der Waals surface area contributed by atoms with Gasteiger partial charge in [-0.05, 0) is 54.1 Å². The number of carbonyl (C=O) groups excluding carboxylic acids is 2. The Morgan fingerprint density at radius 1 is 0.805 bits per heavy atom. The topological polar surface area (TPSA) is 96.4 Å². The Kier molecular flexibility index (Phi) is 7.41. The number of alkyl halides is 3. The minimum Gasteiger partial charge on any atom is -0.332 e. The SMILES string of the molecule is O=C1C(Cl)=C(N(Cc2ccc(C(F)(F)F)cc2)c2ccc(S(=O)(=O)Nc3ccccn3)cc2)C(=O)c2ccccc21. The van der Waals surface area contributed by atoms with Crippen molar-refractivity contribution in [1.82, 2.24) is 4.98 Å². The predicted octanol–water partition coefficient (Wildman–Crippen LogP) is 6.44. The Balaban J connectivity index is 1.55. The molecule has 1 aliphatic carbocycles. The first-order chi connectivity index (χ1) is 19.5. The number of benzene rings is 3. The van der Waals surface area contributed by atoms with Crippen LogP contribution in [-0.4, -0.2) is 25.0 Å². The molecule has 0 unspecified atom stereocenters. The number of hydrogen-bond acceptors (Lipinski definition) is 6. The third kappa shape index (κ3) is 5.72. The van der Waals surface area contributed by atoms with Crippen molar-refractivity contribution in [2.75, 3.05) is 9.62 Å². The zero-order chi connectivity index (χ0) is 29.4. The lowest BCUT2D eigenvalue weighted by atomic mass is 9.91. The van der Waals surface area contributed by atoms with Gasteiger partial charge in [-0.3, -0.25) is 14.3 Å². The Morgan fingerprint density at radius 2 is 1.41 bits per heavy atom. The zero-order valence-electron chi connectivity index (χ0n) is 20.9. The zero-order valence-corrected chi connectivity index (χ0v) is 22.5. The van der Waals surface area contributed by atoms with Crippen LogP contribution in [0.25, 0.3) is 0 Å². The van der Waals surface area contributed by atoms with E-state index in [1.807, 2.05) is 0 Å². The van der Waals surface area contributed by atoms with E-state index in [1.165, 1.54) is 65.7 Å². The normalized spacial score (nSPS) is 13.7. The fourth-order valence-corrected chi connectivity index (χ4v) is 5.58. The van der Waals surface area contributed by atoms with Gasteiger partial charge >= 0.3 is 6.18 Å². The van der Waals surface area contributed by atoms with E-state index in [0.29, 0.717) is 5.56 Å². The lowest BCUT2D eigenvalue weighted by Crippen LogP contribution is -2.33. The van der Waals surface area contributed by atoms with Gasteiger partial charge in [-0.1, -0.05) is 54.1 Å². The number of pyridine rings is 1. The second-order valence-corrected chi connectivity index (χ2v) is 11.0. The van der Waals surface area contributed by atoms with Crippen molar-refractivity contribution >= 4 is 44.7 Å². The van der Waals surface area contributed by atoms with Crippen molar-refractivity contribution in [3.63, 3.8) is 0 Å². The first-order valence-electron chi connectivity index (χ1n) is 12.0. The highest BCUT2D eigenvalue weighted by Crippen LogP contribution is 2.35. The highest BCUT2D eigenvalue weighted by molar-refractivity contribution is 7.92. The van der Waals surface area contributed by atoms with E-state index in [4.69, 9.17) is 11.6 Å². The molecule has 0 aliphatic heterocycles. The van der Waals surface area contributed by atoms with Gasteiger partial charge in [0.05, 0.1) is 10.5 Å². The molecule has 0 amide bonds. The van der Waals surface area contributed by atoms with Crippen LogP contribution in [0.1, 0.15) is 31.8 Å². The average molecular weight is 598 g/mol. The molecule has 0 atom stereocenters. The Labute approximate surface area is 238 Å². The minimum absolute atomic E-state index is 0.113. The third-order valence-electron chi connectivity index (χ3n) is 6.29. The number of fused-ring (bicyclic) bond motifs is 1. The Bertz CT molecular complexity index is 1770. The molecule has 208 valence electrons. The number of nitrogens with zero attached hydrogens (tertiary/aromatic N) is 2. The van der Waals surface area contributed by atoms with E-state index in [-0.39, 0.29) is 44.8 Å². The molecule has 41 heavy (non-hydrogen) atoms. The molecule has 0 fully saturated rings. The third-order valence-corrected chi connectivity index (χ3v) is 8.01. The second kappa shape index (κ2) is 10.8. The maximum absolute atomic E-state index is 13.6. The van der Waals surface area contributed by atoms with Gasteiger partial charge in [0, 0.05) is 29.6 Å². The number of carbonyl (C=O) groups is 2. The summed E-state index contributed by atoms with van der Waals surface area (Å²) in [6.07, 6.45) is -3.11. The monoisotopic (exact) mass is 597 g/mol. The van der Waals surface area contributed by atoms with Crippen LogP contribution < -0.4 is 9.62 Å². The van der Waals surface area contributed by atoms with Crippen molar-refractivity contribution in [1.29, 1.82) is 0 Å². The van der Waals surface area contributed by atoms with Crippen LogP contribution in [0.3, 0.4) is 0 Å². The molecule has 0 bridgehead atoms. The van der Waals surface area contributed by atoms with Crippen molar-refractivity contribution in [2.24, 2.45) is 0 Å². The first-order valence-corrected chi connectivity index (χ1v) is 13.9. The maximum atomic E-state index is 13.6. The molecule has 3 aromatic carbocycles. The fourth-order valence-electron chi connectivity index (χ4n) is 4.28.